The number of ether oxygens (including phenoxy) is 3. The molecule has 1 aliphatic rings. The number of fused-ring (bicyclic) bond motifs is 1. The molecule has 1 N–H and O–H groups in total. The van der Waals surface area contributed by atoms with Gasteiger partial charge >= 0.3 is 0 Å². The van der Waals surface area contributed by atoms with Crippen molar-refractivity contribution >= 4 is 17.5 Å². The number of aryl methyl sites for hydroxylation is 1. The van der Waals surface area contributed by atoms with Crippen molar-refractivity contribution in [2.45, 2.75) is 19.4 Å². The van der Waals surface area contributed by atoms with E-state index in [1.54, 1.807) is 27.2 Å². The summed E-state index contributed by atoms with van der Waals surface area (Å²) in [6.45, 7) is 2.12. The van der Waals surface area contributed by atoms with Crippen molar-refractivity contribution in [3.8, 4) is 28.4 Å². The van der Waals surface area contributed by atoms with Crippen LogP contribution in [0.2, 0.25) is 5.02 Å². The number of carbonyl (C=O) groups excluding carboxylic acids is 1. The summed E-state index contributed by atoms with van der Waals surface area (Å²) in [5.41, 5.74) is 3.31. The topological polar surface area (TPSA) is 69.9 Å². The molecule has 3 aromatic rings. The van der Waals surface area contributed by atoms with Gasteiger partial charge in [-0.3, -0.25) is 4.79 Å². The minimum atomic E-state index is -0.198. The number of hydrogen-bond acceptors (Lipinski definition) is 5. The van der Waals surface area contributed by atoms with Crippen molar-refractivity contribution in [3.05, 3.63) is 64.6 Å². The lowest BCUT2D eigenvalue weighted by Gasteiger charge is -2.13. The molecule has 0 saturated carbocycles. The van der Waals surface area contributed by atoms with Crippen LogP contribution in [0.1, 0.15) is 21.7 Å². The first-order valence-electron chi connectivity index (χ1n) is 9.54. The first kappa shape index (κ1) is 20.2. The van der Waals surface area contributed by atoms with Gasteiger partial charge in [-0.2, -0.15) is 0 Å². The Bertz CT molecular complexity index is 1090. The molecular formula is C23H22ClNO5. The lowest BCUT2D eigenvalue weighted by Crippen LogP contribution is -2.34. The zero-order valence-electron chi connectivity index (χ0n) is 17.0. The van der Waals surface area contributed by atoms with E-state index >= 15 is 0 Å². The lowest BCUT2D eigenvalue weighted by molar-refractivity contribution is 0.0932. The van der Waals surface area contributed by atoms with Gasteiger partial charge in [-0.15, -0.1) is 0 Å². The van der Waals surface area contributed by atoms with E-state index in [1.165, 1.54) is 6.26 Å². The first-order chi connectivity index (χ1) is 14.5. The fraction of sp³-hybridized carbons (Fsp3) is 0.261. The molecule has 156 valence electrons. The van der Waals surface area contributed by atoms with Crippen LogP contribution in [0.15, 0.2) is 47.1 Å². The zero-order valence-corrected chi connectivity index (χ0v) is 17.7. The molecule has 1 aromatic heterocycles. The summed E-state index contributed by atoms with van der Waals surface area (Å²) in [6.07, 6.45) is 1.94. The number of halogens is 1. The second-order valence-electron chi connectivity index (χ2n) is 7.06. The highest BCUT2D eigenvalue weighted by molar-refractivity contribution is 6.32. The number of methoxy groups -OCH3 is 2. The Morgan fingerprint density at radius 1 is 1.20 bits per heavy atom. The number of rotatable bonds is 6. The van der Waals surface area contributed by atoms with E-state index < -0.39 is 0 Å². The second-order valence-corrected chi connectivity index (χ2v) is 7.46. The SMILES string of the molecule is COc1ccc(OC)c(-c2cc(Cl)c3c(c2)C[C@@H](CNC(=O)c2ccoc2C)O3)c1. The molecule has 4 rings (SSSR count). The van der Waals surface area contributed by atoms with Crippen molar-refractivity contribution in [1.82, 2.24) is 5.32 Å². The van der Waals surface area contributed by atoms with Crippen molar-refractivity contribution in [1.29, 1.82) is 0 Å². The maximum absolute atomic E-state index is 12.3. The van der Waals surface area contributed by atoms with Gasteiger partial charge in [-0.1, -0.05) is 11.6 Å². The van der Waals surface area contributed by atoms with Gasteiger partial charge in [0.1, 0.15) is 29.1 Å². The van der Waals surface area contributed by atoms with Crippen molar-refractivity contribution in [3.63, 3.8) is 0 Å². The van der Waals surface area contributed by atoms with E-state index in [-0.39, 0.29) is 12.0 Å². The molecule has 6 nitrogen and oxygen atoms in total. The fourth-order valence-corrected chi connectivity index (χ4v) is 3.90. The molecule has 1 aliphatic heterocycles. The Labute approximate surface area is 179 Å². The molecule has 2 heterocycles. The van der Waals surface area contributed by atoms with Gasteiger partial charge in [0.2, 0.25) is 0 Å². The van der Waals surface area contributed by atoms with Crippen molar-refractivity contribution in [2.75, 3.05) is 20.8 Å². The summed E-state index contributed by atoms with van der Waals surface area (Å²) in [5, 5.41) is 3.42. The third-order valence-electron chi connectivity index (χ3n) is 5.16. The smallest absolute Gasteiger partial charge is 0.254 e. The van der Waals surface area contributed by atoms with Crippen LogP contribution in [-0.2, 0) is 6.42 Å². The van der Waals surface area contributed by atoms with E-state index in [1.807, 2.05) is 30.3 Å². The maximum Gasteiger partial charge on any atom is 0.254 e. The fourth-order valence-electron chi connectivity index (χ4n) is 3.62. The normalized spacial score (nSPS) is 14.7. The Balaban J connectivity index is 1.53. The van der Waals surface area contributed by atoms with Gasteiger partial charge in [-0.25, -0.2) is 0 Å². The van der Waals surface area contributed by atoms with Crippen LogP contribution in [0.3, 0.4) is 0 Å². The van der Waals surface area contributed by atoms with Gasteiger partial charge in [0.15, 0.2) is 0 Å². The number of benzene rings is 2. The standard InChI is InChI=1S/C23H22ClNO5/c1-13-18(6-7-29-13)23(26)25-12-17-9-15-8-14(10-20(24)22(15)30-17)19-11-16(27-2)4-5-21(19)28-3/h4-8,10-11,17H,9,12H2,1-3H3,(H,25,26)/t17-/m0/s1. The van der Waals surface area contributed by atoms with Crippen molar-refractivity contribution in [2.24, 2.45) is 0 Å². The molecule has 0 aliphatic carbocycles. The van der Waals surface area contributed by atoms with Gasteiger partial charge in [-0.05, 0) is 48.9 Å². The Kier molecular flexibility index (Phi) is 5.59. The highest BCUT2D eigenvalue weighted by Gasteiger charge is 2.27. The monoisotopic (exact) mass is 427 g/mol. The van der Waals surface area contributed by atoms with E-state index in [4.69, 9.17) is 30.2 Å². The number of amides is 1. The molecule has 0 bridgehead atoms. The molecule has 0 fully saturated rings. The number of hydrogen-bond donors (Lipinski definition) is 1. The summed E-state index contributed by atoms with van der Waals surface area (Å²) < 4.78 is 22.0. The predicted molar refractivity (Wildman–Crippen MR) is 114 cm³/mol. The molecule has 0 unspecified atom stereocenters. The summed E-state index contributed by atoms with van der Waals surface area (Å²) in [5.74, 6) is 2.51. The molecular weight excluding hydrogens is 406 g/mol. The van der Waals surface area contributed by atoms with Crippen molar-refractivity contribution < 1.29 is 23.4 Å². The summed E-state index contributed by atoms with van der Waals surface area (Å²) in [7, 11) is 3.25. The van der Waals surface area contributed by atoms with E-state index in [0.29, 0.717) is 35.1 Å². The molecule has 0 spiro atoms. The van der Waals surface area contributed by atoms with Crippen LogP contribution < -0.4 is 19.5 Å². The van der Waals surface area contributed by atoms with Gasteiger partial charge in [0, 0.05) is 17.5 Å². The third-order valence-corrected chi connectivity index (χ3v) is 5.44. The van der Waals surface area contributed by atoms with Crippen LogP contribution in [-0.4, -0.2) is 32.8 Å². The Morgan fingerprint density at radius 2 is 2.03 bits per heavy atom. The average Bonchev–Trinajstić information content (AvgIpc) is 3.37. The molecule has 30 heavy (non-hydrogen) atoms. The van der Waals surface area contributed by atoms with Gasteiger partial charge in [0.05, 0.1) is 37.6 Å². The Morgan fingerprint density at radius 3 is 2.73 bits per heavy atom. The predicted octanol–water partition coefficient (Wildman–Crippen LogP) is 4.66. The zero-order chi connectivity index (χ0) is 21.3. The highest BCUT2D eigenvalue weighted by atomic mass is 35.5. The van der Waals surface area contributed by atoms with Crippen LogP contribution in [0.25, 0.3) is 11.1 Å². The van der Waals surface area contributed by atoms with Crippen LogP contribution in [0, 0.1) is 6.92 Å². The molecule has 2 aromatic carbocycles. The quantitative estimate of drug-likeness (QED) is 0.619. The van der Waals surface area contributed by atoms with E-state index in [2.05, 4.69) is 5.32 Å². The van der Waals surface area contributed by atoms with Crippen LogP contribution in [0.4, 0.5) is 0 Å². The minimum absolute atomic E-state index is 0.186. The summed E-state index contributed by atoms with van der Waals surface area (Å²) >= 11 is 6.53. The third kappa shape index (κ3) is 3.83. The van der Waals surface area contributed by atoms with Crippen LogP contribution >= 0.6 is 11.6 Å². The average molecular weight is 428 g/mol. The number of nitrogens with one attached hydrogen (secondary N) is 1. The van der Waals surface area contributed by atoms with Gasteiger partial charge < -0.3 is 23.9 Å². The first-order valence-corrected chi connectivity index (χ1v) is 9.91. The van der Waals surface area contributed by atoms with E-state index in [9.17, 15) is 4.79 Å². The molecule has 0 radical (unpaired) electrons. The summed E-state index contributed by atoms with van der Waals surface area (Å²) in [4.78, 5) is 12.3. The van der Waals surface area contributed by atoms with Crippen LogP contribution in [0.5, 0.6) is 17.2 Å². The maximum atomic E-state index is 12.3. The number of carbonyl (C=O) groups is 1. The molecule has 1 atom stereocenters. The summed E-state index contributed by atoms with van der Waals surface area (Å²) in [6, 6.07) is 11.2. The van der Waals surface area contributed by atoms with E-state index in [0.717, 1.165) is 28.2 Å². The Hall–Kier alpha value is -3.12. The molecule has 0 saturated heterocycles. The van der Waals surface area contributed by atoms with Gasteiger partial charge in [0.25, 0.3) is 5.91 Å². The number of furan rings is 1. The molecule has 7 heteroatoms. The lowest BCUT2D eigenvalue weighted by atomic mass is 9.99. The highest BCUT2D eigenvalue weighted by Crippen LogP contribution is 2.42. The molecule has 1 amide bonds. The second kappa shape index (κ2) is 8.32. The largest absolute Gasteiger partial charge is 0.497 e. The minimum Gasteiger partial charge on any atom is -0.497 e.